The van der Waals surface area contributed by atoms with Crippen LogP contribution in [0.3, 0.4) is 0 Å². The van der Waals surface area contributed by atoms with Gasteiger partial charge in [0.1, 0.15) is 0 Å². The van der Waals surface area contributed by atoms with Gasteiger partial charge in [0, 0.05) is 28.7 Å². The lowest BCUT2D eigenvalue weighted by molar-refractivity contribution is 0.0697. The van der Waals surface area contributed by atoms with Crippen LogP contribution in [-0.4, -0.2) is 21.9 Å². The van der Waals surface area contributed by atoms with Crippen molar-refractivity contribution in [1.82, 2.24) is 4.57 Å². The molecular formula is C19H19N3O2. The van der Waals surface area contributed by atoms with Crippen LogP contribution in [0.1, 0.15) is 28.5 Å². The molecule has 0 amide bonds. The molecule has 2 aromatic carbocycles. The summed E-state index contributed by atoms with van der Waals surface area (Å²) in [5, 5.41) is 14.5. The monoisotopic (exact) mass is 321 g/mol. The minimum Gasteiger partial charge on any atom is -0.478 e. The van der Waals surface area contributed by atoms with Gasteiger partial charge in [0.15, 0.2) is 0 Å². The molecule has 0 atom stereocenters. The van der Waals surface area contributed by atoms with Crippen LogP contribution in [0.4, 0.5) is 5.69 Å². The van der Waals surface area contributed by atoms with Gasteiger partial charge in [0.2, 0.25) is 0 Å². The van der Waals surface area contributed by atoms with Gasteiger partial charge in [0.05, 0.1) is 17.5 Å². The topological polar surface area (TPSA) is 66.6 Å². The highest BCUT2D eigenvalue weighted by Crippen LogP contribution is 2.24. The Morgan fingerprint density at radius 1 is 1.25 bits per heavy atom. The summed E-state index contributed by atoms with van der Waals surface area (Å²) in [6.45, 7) is 5.10. The van der Waals surface area contributed by atoms with E-state index < -0.39 is 5.97 Å². The van der Waals surface area contributed by atoms with Crippen LogP contribution in [-0.2, 0) is 6.54 Å². The van der Waals surface area contributed by atoms with Crippen molar-refractivity contribution in [1.29, 1.82) is 0 Å². The largest absolute Gasteiger partial charge is 0.478 e. The molecule has 0 aliphatic rings. The second-order valence-corrected chi connectivity index (χ2v) is 5.52. The zero-order chi connectivity index (χ0) is 17.1. The number of carboxylic acid groups (broad SMARTS) is 1. The number of nitrogens with zero attached hydrogens (tertiary/aromatic N) is 2. The van der Waals surface area contributed by atoms with Gasteiger partial charge in [-0.2, -0.15) is 5.10 Å². The quantitative estimate of drug-likeness (QED) is 0.549. The number of fused-ring (bicyclic) bond motifs is 1. The number of anilines is 1. The lowest BCUT2D eigenvalue weighted by atomic mass is 10.1. The molecule has 1 heterocycles. The van der Waals surface area contributed by atoms with E-state index in [0.717, 1.165) is 23.2 Å². The Balaban J connectivity index is 1.90. The normalized spacial score (nSPS) is 11.2. The average molecular weight is 321 g/mol. The fraction of sp³-hybridized carbons (Fsp3) is 0.158. The van der Waals surface area contributed by atoms with Crippen molar-refractivity contribution >= 4 is 28.8 Å². The maximum absolute atomic E-state index is 11.0. The van der Waals surface area contributed by atoms with E-state index in [2.05, 4.69) is 41.1 Å². The molecule has 0 bridgehead atoms. The first-order valence-corrected chi connectivity index (χ1v) is 7.82. The minimum absolute atomic E-state index is 0.231. The lowest BCUT2D eigenvalue weighted by Crippen LogP contribution is -1.99. The molecule has 0 aliphatic carbocycles. The SMILES string of the molecule is CCn1c(C)c(/C=N/Nc2cccc(C(=O)O)c2)c2ccccc21. The predicted octanol–water partition coefficient (Wildman–Crippen LogP) is 4.11. The number of para-hydroxylation sites is 1. The van der Waals surface area contributed by atoms with Crippen molar-refractivity contribution < 1.29 is 9.90 Å². The second-order valence-electron chi connectivity index (χ2n) is 5.52. The lowest BCUT2D eigenvalue weighted by Gasteiger charge is -2.03. The van der Waals surface area contributed by atoms with E-state index >= 15 is 0 Å². The van der Waals surface area contributed by atoms with Gasteiger partial charge in [-0.15, -0.1) is 0 Å². The molecule has 0 spiro atoms. The zero-order valence-electron chi connectivity index (χ0n) is 13.7. The smallest absolute Gasteiger partial charge is 0.335 e. The molecule has 0 aliphatic heterocycles. The third kappa shape index (κ3) is 2.88. The summed E-state index contributed by atoms with van der Waals surface area (Å²) < 4.78 is 2.25. The summed E-state index contributed by atoms with van der Waals surface area (Å²) in [7, 11) is 0. The van der Waals surface area contributed by atoms with Crippen molar-refractivity contribution in [2.24, 2.45) is 5.10 Å². The van der Waals surface area contributed by atoms with E-state index in [1.54, 1.807) is 30.5 Å². The van der Waals surface area contributed by atoms with Crippen molar-refractivity contribution in [3.05, 3.63) is 65.4 Å². The van der Waals surface area contributed by atoms with Gasteiger partial charge in [-0.3, -0.25) is 5.43 Å². The molecule has 24 heavy (non-hydrogen) atoms. The standard InChI is InChI=1S/C19H19N3O2/c1-3-22-13(2)17(16-9-4-5-10-18(16)22)12-20-21-15-8-6-7-14(11-15)19(23)24/h4-12,21H,3H2,1-2H3,(H,23,24)/b20-12+. The molecular weight excluding hydrogens is 302 g/mol. The number of hydrogen-bond donors (Lipinski definition) is 2. The summed E-state index contributed by atoms with van der Waals surface area (Å²) in [6, 6.07) is 14.8. The van der Waals surface area contributed by atoms with Crippen LogP contribution in [0.5, 0.6) is 0 Å². The van der Waals surface area contributed by atoms with Gasteiger partial charge >= 0.3 is 5.97 Å². The minimum atomic E-state index is -0.954. The summed E-state index contributed by atoms with van der Waals surface area (Å²) in [5.74, 6) is -0.954. The van der Waals surface area contributed by atoms with E-state index in [9.17, 15) is 4.79 Å². The summed E-state index contributed by atoms with van der Waals surface area (Å²) in [5.41, 5.74) is 7.18. The highest BCUT2D eigenvalue weighted by Gasteiger charge is 2.10. The van der Waals surface area contributed by atoms with E-state index in [-0.39, 0.29) is 5.56 Å². The number of aromatic carboxylic acids is 1. The molecule has 3 rings (SSSR count). The van der Waals surface area contributed by atoms with E-state index in [0.29, 0.717) is 5.69 Å². The number of aryl methyl sites for hydroxylation is 1. The molecule has 0 unspecified atom stereocenters. The van der Waals surface area contributed by atoms with E-state index in [4.69, 9.17) is 5.11 Å². The molecule has 0 saturated carbocycles. The summed E-state index contributed by atoms with van der Waals surface area (Å²) >= 11 is 0. The van der Waals surface area contributed by atoms with Crippen molar-refractivity contribution in [2.75, 3.05) is 5.43 Å². The van der Waals surface area contributed by atoms with Crippen molar-refractivity contribution in [2.45, 2.75) is 20.4 Å². The molecule has 0 radical (unpaired) electrons. The van der Waals surface area contributed by atoms with Gasteiger partial charge in [-0.1, -0.05) is 24.3 Å². The Kier molecular flexibility index (Phi) is 4.33. The number of carboxylic acids is 1. The number of benzene rings is 2. The summed E-state index contributed by atoms with van der Waals surface area (Å²) in [4.78, 5) is 11.0. The van der Waals surface area contributed by atoms with Gasteiger partial charge < -0.3 is 9.67 Å². The van der Waals surface area contributed by atoms with Crippen LogP contribution >= 0.6 is 0 Å². The van der Waals surface area contributed by atoms with Crippen molar-refractivity contribution in [3.63, 3.8) is 0 Å². The molecule has 5 heteroatoms. The number of aromatic nitrogens is 1. The first-order chi connectivity index (χ1) is 11.6. The van der Waals surface area contributed by atoms with E-state index in [1.807, 2.05) is 12.1 Å². The highest BCUT2D eigenvalue weighted by atomic mass is 16.4. The number of carbonyl (C=O) groups is 1. The first-order valence-electron chi connectivity index (χ1n) is 7.82. The number of rotatable bonds is 5. The third-order valence-electron chi connectivity index (χ3n) is 4.09. The van der Waals surface area contributed by atoms with Gasteiger partial charge in [-0.25, -0.2) is 4.79 Å². The fourth-order valence-corrected chi connectivity index (χ4v) is 2.92. The number of nitrogens with one attached hydrogen (secondary N) is 1. The Bertz CT molecular complexity index is 926. The molecule has 5 nitrogen and oxygen atoms in total. The van der Waals surface area contributed by atoms with Crippen LogP contribution in [0, 0.1) is 6.92 Å². The molecule has 3 aromatic rings. The molecule has 2 N–H and O–H groups in total. The Hall–Kier alpha value is -3.08. The fourth-order valence-electron chi connectivity index (χ4n) is 2.92. The number of hydrazone groups is 1. The molecule has 0 saturated heterocycles. The average Bonchev–Trinajstić information content (AvgIpc) is 2.86. The predicted molar refractivity (Wildman–Crippen MR) is 97.0 cm³/mol. The van der Waals surface area contributed by atoms with Crippen LogP contribution < -0.4 is 5.43 Å². The van der Waals surface area contributed by atoms with Crippen LogP contribution in [0.2, 0.25) is 0 Å². The Morgan fingerprint density at radius 3 is 2.79 bits per heavy atom. The zero-order valence-corrected chi connectivity index (χ0v) is 13.7. The van der Waals surface area contributed by atoms with E-state index in [1.165, 1.54) is 5.52 Å². The van der Waals surface area contributed by atoms with Gasteiger partial charge in [-0.05, 0) is 38.1 Å². The second kappa shape index (κ2) is 6.58. The number of hydrogen-bond acceptors (Lipinski definition) is 3. The Labute approximate surface area is 140 Å². The van der Waals surface area contributed by atoms with Gasteiger partial charge in [0.25, 0.3) is 0 Å². The maximum Gasteiger partial charge on any atom is 0.335 e. The van der Waals surface area contributed by atoms with Crippen LogP contribution in [0.25, 0.3) is 10.9 Å². The highest BCUT2D eigenvalue weighted by molar-refractivity contribution is 6.01. The maximum atomic E-state index is 11.0. The van der Waals surface area contributed by atoms with Crippen LogP contribution in [0.15, 0.2) is 53.6 Å². The first kappa shape index (κ1) is 15.8. The molecule has 122 valence electrons. The van der Waals surface area contributed by atoms with Crippen molar-refractivity contribution in [3.8, 4) is 0 Å². The molecule has 1 aromatic heterocycles. The third-order valence-corrected chi connectivity index (χ3v) is 4.09. The molecule has 0 fully saturated rings. The summed E-state index contributed by atoms with van der Waals surface area (Å²) in [6.07, 6.45) is 1.79. The Morgan fingerprint density at radius 2 is 2.04 bits per heavy atom.